The Hall–Kier alpha value is -0.100. The van der Waals surface area contributed by atoms with Gasteiger partial charge in [0.05, 0.1) is 22.2 Å². The van der Waals surface area contributed by atoms with E-state index in [1.807, 2.05) is 0 Å². The Labute approximate surface area is 136 Å². The molecule has 2 aliphatic rings. The quantitative estimate of drug-likeness (QED) is 0.803. The van der Waals surface area contributed by atoms with Crippen LogP contribution in [0.25, 0.3) is 0 Å². The van der Waals surface area contributed by atoms with Gasteiger partial charge in [0.25, 0.3) is 0 Å². The Morgan fingerprint density at radius 2 is 1.75 bits per heavy atom. The van der Waals surface area contributed by atoms with Gasteiger partial charge in [-0.2, -0.15) is 0 Å². The number of hydrogen-bond acceptors (Lipinski definition) is 3. The second-order valence-corrected chi connectivity index (χ2v) is 7.18. The van der Waals surface area contributed by atoms with E-state index >= 15 is 0 Å². The lowest BCUT2D eigenvalue weighted by molar-refractivity contribution is 0.0249. The van der Waals surface area contributed by atoms with E-state index < -0.39 is 0 Å². The van der Waals surface area contributed by atoms with E-state index in [4.69, 9.17) is 9.47 Å². The monoisotopic (exact) mass is 403 g/mol. The third-order valence-electron chi connectivity index (χ3n) is 3.68. The molecule has 0 bridgehead atoms. The molecule has 1 saturated carbocycles. The fraction of sp³-hybridized carbons (Fsp3) is 0.600. The van der Waals surface area contributed by atoms with Gasteiger partial charge in [-0.25, -0.2) is 0 Å². The lowest BCUT2D eigenvalue weighted by Crippen LogP contribution is -2.26. The van der Waals surface area contributed by atoms with Crippen LogP contribution in [0.5, 0.6) is 5.75 Å². The number of rotatable bonds is 5. The maximum absolute atomic E-state index is 6.12. The maximum atomic E-state index is 6.12. The van der Waals surface area contributed by atoms with Crippen LogP contribution in [-0.2, 0) is 11.3 Å². The lowest BCUT2D eigenvalue weighted by atomic mass is 10.1. The van der Waals surface area contributed by atoms with Crippen molar-refractivity contribution < 1.29 is 9.47 Å². The molecule has 1 aromatic rings. The van der Waals surface area contributed by atoms with E-state index in [9.17, 15) is 0 Å². The van der Waals surface area contributed by atoms with E-state index in [-0.39, 0.29) is 6.10 Å². The van der Waals surface area contributed by atoms with E-state index in [1.54, 1.807) is 0 Å². The fourth-order valence-electron chi connectivity index (χ4n) is 2.34. The molecule has 0 amide bonds. The highest BCUT2D eigenvalue weighted by molar-refractivity contribution is 9.11. The summed E-state index contributed by atoms with van der Waals surface area (Å²) in [5.74, 6) is 0.909. The summed E-state index contributed by atoms with van der Waals surface area (Å²) >= 11 is 7.27. The molecule has 110 valence electrons. The Morgan fingerprint density at radius 1 is 1.10 bits per heavy atom. The zero-order chi connectivity index (χ0) is 13.9. The first-order valence-electron chi connectivity index (χ1n) is 7.18. The maximum Gasteiger partial charge on any atom is 0.148 e. The predicted octanol–water partition coefficient (Wildman–Crippen LogP) is 4.02. The Balaban J connectivity index is 1.66. The van der Waals surface area contributed by atoms with Crippen molar-refractivity contribution in [1.29, 1.82) is 0 Å². The average Bonchev–Trinajstić information content (AvgIpc) is 3.26. The van der Waals surface area contributed by atoms with Gasteiger partial charge in [-0.15, -0.1) is 0 Å². The summed E-state index contributed by atoms with van der Waals surface area (Å²) in [6.45, 7) is 2.51. The van der Waals surface area contributed by atoms with E-state index in [1.165, 1.54) is 18.4 Å². The van der Waals surface area contributed by atoms with Crippen LogP contribution >= 0.6 is 31.9 Å². The van der Waals surface area contributed by atoms with Gasteiger partial charge in [-0.1, -0.05) is 0 Å². The highest BCUT2D eigenvalue weighted by Gasteiger charge is 2.21. The highest BCUT2D eigenvalue weighted by Crippen LogP contribution is 2.36. The van der Waals surface area contributed by atoms with Crippen molar-refractivity contribution in [3.63, 3.8) is 0 Å². The minimum absolute atomic E-state index is 0.256. The van der Waals surface area contributed by atoms with Crippen LogP contribution in [0, 0.1) is 0 Å². The first kappa shape index (κ1) is 14.8. The van der Waals surface area contributed by atoms with Crippen molar-refractivity contribution in [3.8, 4) is 5.75 Å². The Bertz CT molecular complexity index is 448. The normalized spacial score (nSPS) is 20.1. The van der Waals surface area contributed by atoms with Crippen molar-refractivity contribution in [3.05, 3.63) is 26.6 Å². The van der Waals surface area contributed by atoms with E-state index in [0.717, 1.165) is 53.3 Å². The summed E-state index contributed by atoms with van der Waals surface area (Å²) in [5.41, 5.74) is 1.27. The second-order valence-electron chi connectivity index (χ2n) is 5.47. The standard InChI is InChI=1S/C15H19Br2NO2/c16-13-7-10(9-18-11-1-2-11)8-14(17)15(13)20-12-3-5-19-6-4-12/h7-8,11-12,18H,1-6,9H2. The average molecular weight is 405 g/mol. The van der Waals surface area contributed by atoms with Crippen LogP contribution in [0.1, 0.15) is 31.2 Å². The first-order valence-corrected chi connectivity index (χ1v) is 8.76. The molecule has 2 fully saturated rings. The van der Waals surface area contributed by atoms with E-state index in [2.05, 4.69) is 49.3 Å². The molecule has 3 nitrogen and oxygen atoms in total. The van der Waals surface area contributed by atoms with Crippen LogP contribution < -0.4 is 10.1 Å². The summed E-state index contributed by atoms with van der Waals surface area (Å²) in [6, 6.07) is 5.02. The molecule has 1 heterocycles. The molecule has 1 aliphatic carbocycles. The number of ether oxygens (including phenoxy) is 2. The molecule has 20 heavy (non-hydrogen) atoms. The van der Waals surface area contributed by atoms with Crippen molar-refractivity contribution in [2.45, 2.75) is 44.4 Å². The van der Waals surface area contributed by atoms with Crippen molar-refractivity contribution >= 4 is 31.9 Å². The number of halogens is 2. The van der Waals surface area contributed by atoms with Gasteiger partial charge in [0, 0.05) is 25.4 Å². The summed E-state index contributed by atoms with van der Waals surface area (Å²) in [7, 11) is 0. The van der Waals surface area contributed by atoms with E-state index in [0.29, 0.717) is 0 Å². The van der Waals surface area contributed by atoms with Gasteiger partial charge in [0.1, 0.15) is 11.9 Å². The molecule has 0 unspecified atom stereocenters. The molecule has 0 atom stereocenters. The van der Waals surface area contributed by atoms with Gasteiger partial charge >= 0.3 is 0 Å². The highest BCUT2D eigenvalue weighted by atomic mass is 79.9. The second kappa shape index (κ2) is 6.77. The zero-order valence-corrected chi connectivity index (χ0v) is 14.5. The minimum atomic E-state index is 0.256. The molecule has 1 aromatic carbocycles. The van der Waals surface area contributed by atoms with Gasteiger partial charge in [0.15, 0.2) is 0 Å². The minimum Gasteiger partial charge on any atom is -0.488 e. The van der Waals surface area contributed by atoms with Crippen molar-refractivity contribution in [2.75, 3.05) is 13.2 Å². The Kier molecular flexibility index (Phi) is 5.02. The van der Waals surface area contributed by atoms with Crippen LogP contribution in [0.15, 0.2) is 21.1 Å². The number of hydrogen-bond donors (Lipinski definition) is 1. The molecule has 0 radical (unpaired) electrons. The van der Waals surface area contributed by atoms with Gasteiger partial charge < -0.3 is 14.8 Å². The molecule has 5 heteroatoms. The molecule has 1 aliphatic heterocycles. The largest absolute Gasteiger partial charge is 0.488 e. The van der Waals surface area contributed by atoms with Crippen LogP contribution in [0.4, 0.5) is 0 Å². The smallest absolute Gasteiger partial charge is 0.148 e. The fourth-order valence-corrected chi connectivity index (χ4v) is 3.81. The van der Waals surface area contributed by atoms with Crippen molar-refractivity contribution in [1.82, 2.24) is 5.32 Å². The summed E-state index contributed by atoms with van der Waals surface area (Å²) in [5, 5.41) is 3.53. The predicted molar refractivity (Wildman–Crippen MR) is 86.2 cm³/mol. The molecule has 0 spiro atoms. The van der Waals surface area contributed by atoms with Gasteiger partial charge in [0.2, 0.25) is 0 Å². The van der Waals surface area contributed by atoms with Gasteiger partial charge in [-0.05, 0) is 62.4 Å². The SMILES string of the molecule is Brc1cc(CNC2CC2)cc(Br)c1OC1CCOCC1. The number of nitrogens with one attached hydrogen (secondary N) is 1. The molecule has 1 N–H and O–H groups in total. The lowest BCUT2D eigenvalue weighted by Gasteiger charge is -2.24. The number of benzene rings is 1. The molecule has 0 aromatic heterocycles. The molecular weight excluding hydrogens is 386 g/mol. The third-order valence-corrected chi connectivity index (χ3v) is 4.86. The summed E-state index contributed by atoms with van der Waals surface area (Å²) in [6.07, 6.45) is 4.81. The summed E-state index contributed by atoms with van der Waals surface area (Å²) < 4.78 is 13.5. The van der Waals surface area contributed by atoms with Crippen LogP contribution in [0.3, 0.4) is 0 Å². The third kappa shape index (κ3) is 3.97. The zero-order valence-electron chi connectivity index (χ0n) is 11.3. The first-order chi connectivity index (χ1) is 9.72. The van der Waals surface area contributed by atoms with Crippen LogP contribution in [-0.4, -0.2) is 25.4 Å². The Morgan fingerprint density at radius 3 is 2.35 bits per heavy atom. The topological polar surface area (TPSA) is 30.5 Å². The van der Waals surface area contributed by atoms with Gasteiger partial charge in [-0.3, -0.25) is 0 Å². The molecule has 3 rings (SSSR count). The van der Waals surface area contributed by atoms with Crippen molar-refractivity contribution in [2.24, 2.45) is 0 Å². The summed E-state index contributed by atoms with van der Waals surface area (Å²) in [4.78, 5) is 0. The molecular formula is C15H19Br2NO2. The molecule has 1 saturated heterocycles. The van der Waals surface area contributed by atoms with Crippen LogP contribution in [0.2, 0.25) is 0 Å².